The Kier molecular flexibility index (Phi) is 7.34. The fourth-order valence-corrected chi connectivity index (χ4v) is 6.56. The summed E-state index contributed by atoms with van der Waals surface area (Å²) in [5.41, 5.74) is 8.65. The first-order valence-corrected chi connectivity index (χ1v) is 15.8. The summed E-state index contributed by atoms with van der Waals surface area (Å²) in [6, 6.07) is 53.0. The number of hydrogen-bond donors (Lipinski definition) is 0. The van der Waals surface area contributed by atoms with Gasteiger partial charge in [0.2, 0.25) is 0 Å². The van der Waals surface area contributed by atoms with Gasteiger partial charge in [0, 0.05) is 23.5 Å². The standard InChI is InChI=1S/C42H27N7/c43-25-30-16-19-32(20-17-30)41-37(33-21-22-38-39(24-33)48(29-46-38)40-23-18-31(26-44)27-45-40)28-49(47-41)42(34-10-4-1-5-11-34,35-12-6-2-7-13-35)36-14-8-3-9-15-36/h1-24,27-29H. The summed E-state index contributed by atoms with van der Waals surface area (Å²) in [6.45, 7) is 0. The van der Waals surface area contributed by atoms with E-state index in [1.807, 2.05) is 59.2 Å². The lowest BCUT2D eigenvalue weighted by Crippen LogP contribution is -2.38. The molecule has 8 aromatic rings. The van der Waals surface area contributed by atoms with Gasteiger partial charge in [-0.2, -0.15) is 15.6 Å². The Balaban J connectivity index is 1.41. The number of nitriles is 2. The fraction of sp³-hybridized carbons (Fsp3) is 0.0238. The van der Waals surface area contributed by atoms with Crippen molar-refractivity contribution < 1.29 is 0 Å². The van der Waals surface area contributed by atoms with E-state index in [2.05, 4.69) is 118 Å². The van der Waals surface area contributed by atoms with Crippen LogP contribution in [0.25, 0.3) is 39.2 Å². The monoisotopic (exact) mass is 629 g/mol. The van der Waals surface area contributed by atoms with Crippen LogP contribution in [0.15, 0.2) is 164 Å². The number of hydrogen-bond acceptors (Lipinski definition) is 5. The molecule has 0 unspecified atom stereocenters. The van der Waals surface area contributed by atoms with E-state index in [1.165, 1.54) is 0 Å². The van der Waals surface area contributed by atoms with Crippen molar-refractivity contribution in [2.24, 2.45) is 0 Å². The van der Waals surface area contributed by atoms with Crippen molar-refractivity contribution in [3.8, 4) is 40.3 Å². The predicted molar refractivity (Wildman–Crippen MR) is 190 cm³/mol. The highest BCUT2D eigenvalue weighted by atomic mass is 15.3. The molecule has 49 heavy (non-hydrogen) atoms. The summed E-state index contributed by atoms with van der Waals surface area (Å²) in [5, 5.41) is 24.3. The molecule has 0 aliphatic heterocycles. The van der Waals surface area contributed by atoms with Gasteiger partial charge in [0.25, 0.3) is 0 Å². The van der Waals surface area contributed by atoms with Crippen molar-refractivity contribution in [3.63, 3.8) is 0 Å². The molecule has 0 aliphatic rings. The normalized spacial score (nSPS) is 11.2. The van der Waals surface area contributed by atoms with Gasteiger partial charge < -0.3 is 0 Å². The van der Waals surface area contributed by atoms with Crippen molar-refractivity contribution in [2.75, 3.05) is 0 Å². The minimum atomic E-state index is -0.818. The number of nitrogens with zero attached hydrogens (tertiary/aromatic N) is 7. The van der Waals surface area contributed by atoms with E-state index < -0.39 is 5.54 Å². The average molecular weight is 630 g/mol. The molecule has 0 spiro atoms. The Labute approximate surface area is 283 Å². The molecule has 7 heteroatoms. The largest absolute Gasteiger partial charge is 0.283 e. The Bertz CT molecular complexity index is 2390. The van der Waals surface area contributed by atoms with Gasteiger partial charge >= 0.3 is 0 Å². The second-order valence-corrected chi connectivity index (χ2v) is 11.7. The summed E-state index contributed by atoms with van der Waals surface area (Å²) < 4.78 is 4.01. The van der Waals surface area contributed by atoms with Gasteiger partial charge in [-0.25, -0.2) is 9.97 Å². The zero-order chi connectivity index (χ0) is 33.2. The predicted octanol–water partition coefficient (Wildman–Crippen LogP) is 8.53. The Hall–Kier alpha value is -7.09. The van der Waals surface area contributed by atoms with Crippen LogP contribution < -0.4 is 0 Å². The summed E-state index contributed by atoms with van der Waals surface area (Å²) in [5.74, 6) is 0.665. The van der Waals surface area contributed by atoms with Crippen LogP contribution in [-0.4, -0.2) is 24.3 Å². The molecule has 0 aliphatic carbocycles. The van der Waals surface area contributed by atoms with E-state index in [4.69, 9.17) is 5.10 Å². The van der Waals surface area contributed by atoms with Crippen molar-refractivity contribution >= 4 is 11.0 Å². The van der Waals surface area contributed by atoms with E-state index >= 15 is 0 Å². The molecule has 0 radical (unpaired) electrons. The molecular weight excluding hydrogens is 603 g/mol. The highest BCUT2D eigenvalue weighted by Gasteiger charge is 2.40. The van der Waals surface area contributed by atoms with Gasteiger partial charge in [-0.15, -0.1) is 0 Å². The molecule has 8 rings (SSSR count). The maximum absolute atomic E-state index is 9.55. The fourth-order valence-electron chi connectivity index (χ4n) is 6.56. The minimum absolute atomic E-state index is 0.493. The van der Waals surface area contributed by atoms with Crippen LogP contribution in [0.3, 0.4) is 0 Å². The highest BCUT2D eigenvalue weighted by molar-refractivity contribution is 5.88. The Morgan fingerprint density at radius 1 is 0.571 bits per heavy atom. The lowest BCUT2D eigenvalue weighted by Gasteiger charge is -2.36. The second-order valence-electron chi connectivity index (χ2n) is 11.7. The Morgan fingerprint density at radius 2 is 1.14 bits per heavy atom. The van der Waals surface area contributed by atoms with Crippen molar-refractivity contribution in [1.82, 2.24) is 24.3 Å². The molecule has 0 saturated heterocycles. The molecule has 0 N–H and O–H groups in total. The lowest BCUT2D eigenvalue weighted by molar-refractivity contribution is 0.461. The zero-order valence-electron chi connectivity index (χ0n) is 26.2. The van der Waals surface area contributed by atoms with Crippen LogP contribution in [-0.2, 0) is 5.54 Å². The molecule has 5 aromatic carbocycles. The van der Waals surface area contributed by atoms with Crippen molar-refractivity contribution in [2.45, 2.75) is 5.54 Å². The van der Waals surface area contributed by atoms with Crippen molar-refractivity contribution in [3.05, 3.63) is 192 Å². The summed E-state index contributed by atoms with van der Waals surface area (Å²) in [7, 11) is 0. The molecule has 230 valence electrons. The van der Waals surface area contributed by atoms with E-state index in [0.29, 0.717) is 16.9 Å². The molecule has 3 heterocycles. The highest BCUT2D eigenvalue weighted by Crippen LogP contribution is 2.43. The summed E-state index contributed by atoms with van der Waals surface area (Å²) >= 11 is 0. The van der Waals surface area contributed by atoms with Gasteiger partial charge in [0.05, 0.1) is 28.2 Å². The van der Waals surface area contributed by atoms with Crippen LogP contribution >= 0.6 is 0 Å². The number of fused-ring (bicyclic) bond motifs is 1. The summed E-state index contributed by atoms with van der Waals surface area (Å²) in [6.07, 6.45) is 5.44. The van der Waals surface area contributed by atoms with Gasteiger partial charge in [0.15, 0.2) is 0 Å². The first-order valence-electron chi connectivity index (χ1n) is 15.8. The van der Waals surface area contributed by atoms with Crippen LogP contribution in [0, 0.1) is 22.7 Å². The number of pyridine rings is 1. The molecular formula is C42H27N7. The zero-order valence-corrected chi connectivity index (χ0v) is 26.2. The molecule has 0 bridgehead atoms. The topological polar surface area (TPSA) is 96.1 Å². The third-order valence-corrected chi connectivity index (χ3v) is 8.90. The maximum Gasteiger partial charge on any atom is 0.138 e. The quantitative estimate of drug-likeness (QED) is 0.165. The van der Waals surface area contributed by atoms with Crippen LogP contribution in [0.1, 0.15) is 27.8 Å². The molecule has 0 atom stereocenters. The summed E-state index contributed by atoms with van der Waals surface area (Å²) in [4.78, 5) is 9.16. The smallest absolute Gasteiger partial charge is 0.138 e. The van der Waals surface area contributed by atoms with Crippen LogP contribution in [0.5, 0.6) is 0 Å². The maximum atomic E-state index is 9.55. The molecule has 0 saturated carbocycles. The number of aromatic nitrogens is 5. The van der Waals surface area contributed by atoms with Crippen LogP contribution in [0.2, 0.25) is 0 Å². The first kappa shape index (κ1) is 29.3. The Morgan fingerprint density at radius 3 is 1.69 bits per heavy atom. The van der Waals surface area contributed by atoms with Crippen molar-refractivity contribution in [1.29, 1.82) is 10.5 Å². The van der Waals surface area contributed by atoms with Gasteiger partial charge in [-0.1, -0.05) is 109 Å². The van der Waals surface area contributed by atoms with Gasteiger partial charge in [-0.3, -0.25) is 9.25 Å². The SMILES string of the molecule is N#Cc1ccc(-c2nn(C(c3ccccc3)(c3ccccc3)c3ccccc3)cc2-c2ccc3ncn(-c4ccc(C#N)cn4)c3c2)cc1. The molecule has 0 amide bonds. The number of imidazole rings is 1. The first-order chi connectivity index (χ1) is 24.2. The second kappa shape index (κ2) is 12.3. The van der Waals surface area contributed by atoms with Gasteiger partial charge in [0.1, 0.15) is 29.4 Å². The molecule has 3 aromatic heterocycles. The molecule has 7 nitrogen and oxygen atoms in total. The van der Waals surface area contributed by atoms with E-state index in [-0.39, 0.29) is 0 Å². The average Bonchev–Trinajstić information content (AvgIpc) is 3.82. The lowest BCUT2D eigenvalue weighted by atomic mass is 9.77. The number of benzene rings is 5. The third-order valence-electron chi connectivity index (χ3n) is 8.90. The van der Waals surface area contributed by atoms with Gasteiger partial charge in [-0.05, 0) is 58.7 Å². The van der Waals surface area contributed by atoms with E-state index in [9.17, 15) is 10.5 Å². The molecule has 0 fully saturated rings. The third kappa shape index (κ3) is 5.04. The van der Waals surface area contributed by atoms with Crippen LogP contribution in [0.4, 0.5) is 0 Å². The van der Waals surface area contributed by atoms with E-state index in [0.717, 1.165) is 50.1 Å². The van der Waals surface area contributed by atoms with E-state index in [1.54, 1.807) is 18.6 Å². The number of rotatable bonds is 7. The minimum Gasteiger partial charge on any atom is -0.283 e.